The lowest BCUT2D eigenvalue weighted by molar-refractivity contribution is -0.143. The smallest absolute Gasteiger partial charge is 0.330 e. The highest BCUT2D eigenvalue weighted by Gasteiger charge is 2.29. The summed E-state index contributed by atoms with van der Waals surface area (Å²) in [5, 5.41) is 16.9. The first-order valence-corrected chi connectivity index (χ1v) is 18.7. The molecule has 0 bridgehead atoms. The van der Waals surface area contributed by atoms with E-state index >= 15 is 0 Å². The number of aryl methyl sites for hydroxylation is 8. The van der Waals surface area contributed by atoms with Crippen molar-refractivity contribution < 1.29 is 13.2 Å². The van der Waals surface area contributed by atoms with Crippen LogP contribution in [0, 0.1) is 27.7 Å². The Morgan fingerprint density at radius 1 is 0.556 bits per heavy atom. The number of aromatic nitrogens is 8. The van der Waals surface area contributed by atoms with Crippen LogP contribution in [0.4, 0.5) is 13.2 Å². The van der Waals surface area contributed by atoms with Gasteiger partial charge in [-0.25, -0.2) is 0 Å². The van der Waals surface area contributed by atoms with Crippen LogP contribution in [0.1, 0.15) is 70.9 Å². The Kier molecular flexibility index (Phi) is 20.5. The van der Waals surface area contributed by atoms with E-state index in [2.05, 4.69) is 79.1 Å². The summed E-state index contributed by atoms with van der Waals surface area (Å²) >= 11 is 0. The average molecular weight is 757 g/mol. The second-order valence-electron chi connectivity index (χ2n) is 13.2. The average Bonchev–Trinajstić information content (AvgIpc) is 3.85. The fourth-order valence-electron chi connectivity index (χ4n) is 5.77. The zero-order valence-corrected chi connectivity index (χ0v) is 33.1. The predicted molar refractivity (Wildman–Crippen MR) is 211 cm³/mol. The summed E-state index contributed by atoms with van der Waals surface area (Å²) in [5.41, 5.74) is 31.2. The van der Waals surface area contributed by atoms with Crippen molar-refractivity contribution in [3.8, 4) is 0 Å². The van der Waals surface area contributed by atoms with Crippen LogP contribution in [-0.2, 0) is 58.8 Å². The summed E-state index contributed by atoms with van der Waals surface area (Å²) in [7, 11) is 1.94. The van der Waals surface area contributed by atoms with Gasteiger partial charge >= 0.3 is 6.18 Å². The third kappa shape index (κ3) is 17.2. The zero-order chi connectivity index (χ0) is 40.1. The minimum Gasteiger partial charge on any atom is -0.330 e. The maximum absolute atomic E-state index is 12.1. The molecule has 0 saturated carbocycles. The Morgan fingerprint density at radius 2 is 0.963 bits per heavy atom. The molecule has 0 spiro atoms. The molecule has 0 amide bonds. The highest BCUT2D eigenvalue weighted by atomic mass is 19.4. The molecule has 5 rings (SSSR count). The van der Waals surface area contributed by atoms with Gasteiger partial charge in [0, 0.05) is 68.6 Å². The van der Waals surface area contributed by atoms with Gasteiger partial charge in [0.2, 0.25) is 0 Å². The molecule has 300 valence electrons. The second kappa shape index (κ2) is 24.2. The molecular formula is C39H63F3N12. The quantitative estimate of drug-likeness (QED) is 0.117. The van der Waals surface area contributed by atoms with Crippen LogP contribution in [-0.4, -0.2) is 71.5 Å². The van der Waals surface area contributed by atoms with E-state index in [0.29, 0.717) is 44.0 Å². The maximum Gasteiger partial charge on any atom is 0.408 e. The first-order chi connectivity index (χ1) is 25.7. The Hall–Kier alpha value is -4.31. The monoisotopic (exact) mass is 757 g/mol. The summed E-state index contributed by atoms with van der Waals surface area (Å²) < 4.78 is 43.2. The summed E-state index contributed by atoms with van der Waals surface area (Å²) in [4.78, 5) is 0. The Bertz CT molecular complexity index is 1730. The minimum absolute atomic E-state index is 0.322. The Balaban J connectivity index is 0.000000253. The number of unbranched alkanes of at least 4 members (excludes halogenated alkanes) is 1. The lowest BCUT2D eigenvalue weighted by Gasteiger charge is -2.09. The van der Waals surface area contributed by atoms with Crippen LogP contribution in [0.25, 0.3) is 0 Å². The van der Waals surface area contributed by atoms with Crippen LogP contribution in [0.3, 0.4) is 0 Å². The molecule has 54 heavy (non-hydrogen) atoms. The minimum atomic E-state index is -4.23. The molecule has 0 unspecified atom stereocenters. The second-order valence-corrected chi connectivity index (χ2v) is 13.2. The van der Waals surface area contributed by atoms with Crippen molar-refractivity contribution in [2.45, 2.75) is 105 Å². The molecule has 0 aliphatic rings. The summed E-state index contributed by atoms with van der Waals surface area (Å²) in [6.07, 6.45) is 2.34. The standard InChI is InChI=1S/C14H19N3.C10H19N3.C8H12F3N3.C7H13N3/c1-12-11-14(7-9-15)17(16-12)10-8-13-5-3-2-4-6-13;1-3-4-7-13-10(5-6-11)8-9(2)12-13;1-6-4-7(2-3-12)14(13-6)5-8(9,10)11;1-6-5-7(3-4-8)10(2)9-6/h2-6,11H,7-10,15H2,1H3;8H,3-7,11H2,1-2H3;4H,2-3,5,12H2,1H3;5H,3-4,8H2,1-2H3. The molecule has 0 radical (unpaired) electrons. The fourth-order valence-corrected chi connectivity index (χ4v) is 5.77. The molecule has 15 heteroatoms. The largest absolute Gasteiger partial charge is 0.408 e. The van der Waals surface area contributed by atoms with Crippen molar-refractivity contribution in [2.75, 3.05) is 26.2 Å². The third-order valence-electron chi connectivity index (χ3n) is 8.16. The number of nitrogens with two attached hydrogens (primary N) is 4. The van der Waals surface area contributed by atoms with Crippen LogP contribution in [0.15, 0.2) is 54.6 Å². The molecule has 8 N–H and O–H groups in total. The van der Waals surface area contributed by atoms with E-state index in [1.807, 2.05) is 38.6 Å². The number of nitrogens with zero attached hydrogens (tertiary/aromatic N) is 8. The predicted octanol–water partition coefficient (Wildman–Crippen LogP) is 4.91. The van der Waals surface area contributed by atoms with Gasteiger partial charge in [-0.15, -0.1) is 0 Å². The van der Waals surface area contributed by atoms with E-state index in [9.17, 15) is 13.2 Å². The highest BCUT2D eigenvalue weighted by molar-refractivity contribution is 5.16. The molecule has 1 aromatic carbocycles. The van der Waals surface area contributed by atoms with Crippen molar-refractivity contribution in [3.05, 3.63) is 106 Å². The van der Waals surface area contributed by atoms with E-state index < -0.39 is 12.7 Å². The van der Waals surface area contributed by atoms with Gasteiger partial charge in [0.15, 0.2) is 0 Å². The van der Waals surface area contributed by atoms with Crippen LogP contribution >= 0.6 is 0 Å². The molecule has 5 aromatic rings. The maximum atomic E-state index is 12.1. The number of hydrogen-bond acceptors (Lipinski definition) is 8. The number of benzene rings is 1. The van der Waals surface area contributed by atoms with E-state index in [-0.39, 0.29) is 0 Å². The Morgan fingerprint density at radius 3 is 1.39 bits per heavy atom. The van der Waals surface area contributed by atoms with Crippen molar-refractivity contribution >= 4 is 0 Å². The van der Waals surface area contributed by atoms with Gasteiger partial charge in [-0.2, -0.15) is 33.6 Å². The Labute approximate surface area is 319 Å². The van der Waals surface area contributed by atoms with Crippen LogP contribution in [0.5, 0.6) is 0 Å². The van der Waals surface area contributed by atoms with Gasteiger partial charge in [0.1, 0.15) is 6.54 Å². The number of halogens is 3. The molecule has 4 aromatic heterocycles. The molecule has 0 atom stereocenters. The van der Waals surface area contributed by atoms with Gasteiger partial charge < -0.3 is 22.9 Å². The normalized spacial score (nSPS) is 11.0. The number of alkyl halides is 3. The molecule has 12 nitrogen and oxygen atoms in total. The van der Waals surface area contributed by atoms with Gasteiger partial charge in [0.05, 0.1) is 22.8 Å². The fraction of sp³-hybridized carbons (Fsp3) is 0.538. The van der Waals surface area contributed by atoms with Crippen molar-refractivity contribution in [1.82, 2.24) is 39.1 Å². The molecule has 0 fully saturated rings. The van der Waals surface area contributed by atoms with E-state index in [1.54, 1.807) is 13.0 Å². The lowest BCUT2D eigenvalue weighted by atomic mass is 10.1. The van der Waals surface area contributed by atoms with Gasteiger partial charge in [-0.1, -0.05) is 43.7 Å². The molecule has 0 aliphatic carbocycles. The lowest BCUT2D eigenvalue weighted by Crippen LogP contribution is -2.21. The summed E-state index contributed by atoms with van der Waals surface area (Å²) in [5.74, 6) is 0. The van der Waals surface area contributed by atoms with Crippen molar-refractivity contribution in [2.24, 2.45) is 30.0 Å². The summed E-state index contributed by atoms with van der Waals surface area (Å²) in [6, 6.07) is 18.4. The third-order valence-corrected chi connectivity index (χ3v) is 8.16. The first kappa shape index (κ1) is 45.8. The molecule has 0 aliphatic heterocycles. The molecule has 0 saturated heterocycles. The van der Waals surface area contributed by atoms with Crippen LogP contribution in [0.2, 0.25) is 0 Å². The summed E-state index contributed by atoms with van der Waals surface area (Å²) in [6.45, 7) is 13.2. The topological polar surface area (TPSA) is 175 Å². The number of hydrogen-bond donors (Lipinski definition) is 4. The van der Waals surface area contributed by atoms with E-state index in [0.717, 1.165) is 60.5 Å². The highest BCUT2D eigenvalue weighted by Crippen LogP contribution is 2.19. The molecular weight excluding hydrogens is 694 g/mol. The van der Waals surface area contributed by atoms with Gasteiger partial charge in [-0.05, 0) is 96.5 Å². The first-order valence-electron chi connectivity index (χ1n) is 18.7. The molecule has 4 heterocycles. The van der Waals surface area contributed by atoms with Crippen molar-refractivity contribution in [3.63, 3.8) is 0 Å². The number of rotatable bonds is 15. The van der Waals surface area contributed by atoms with E-state index in [1.165, 1.54) is 35.5 Å². The van der Waals surface area contributed by atoms with Crippen LogP contribution < -0.4 is 22.9 Å². The van der Waals surface area contributed by atoms with E-state index in [4.69, 9.17) is 22.9 Å². The van der Waals surface area contributed by atoms with Gasteiger partial charge in [-0.3, -0.25) is 18.7 Å². The zero-order valence-electron chi connectivity index (χ0n) is 33.1. The van der Waals surface area contributed by atoms with Crippen molar-refractivity contribution in [1.29, 1.82) is 0 Å². The van der Waals surface area contributed by atoms with Gasteiger partial charge in [0.25, 0.3) is 0 Å². The SMILES string of the molecule is CCCCn1nc(C)cc1CCN.Cc1cc(CCN)n(C)n1.Cc1cc(CCN)n(CC(F)(F)F)n1.Cc1cc(CCN)n(CCc2ccccc2)n1.